The summed E-state index contributed by atoms with van der Waals surface area (Å²) >= 11 is 0. The van der Waals surface area contributed by atoms with Crippen LogP contribution in [-0.2, 0) is 66.5 Å². The van der Waals surface area contributed by atoms with Crippen LogP contribution in [0, 0.1) is 35.5 Å². The number of nitrogens with two attached hydrogens (primary N) is 1. The molecule has 28 nitrogen and oxygen atoms in total. The van der Waals surface area contributed by atoms with Gasteiger partial charge in [-0.05, 0) is 105 Å². The molecule has 0 aromatic heterocycles. The van der Waals surface area contributed by atoms with Crippen LogP contribution in [0.5, 0.6) is 11.5 Å². The molecule has 0 bridgehead atoms. The first-order valence-electron chi connectivity index (χ1n) is 33.1. The molecule has 0 amide bonds. The van der Waals surface area contributed by atoms with Crippen LogP contribution in [0.1, 0.15) is 109 Å². The molecular weight excluding hydrogens is 1260 g/mol. The van der Waals surface area contributed by atoms with E-state index in [9.17, 15) is 54.9 Å². The van der Waals surface area contributed by atoms with Crippen molar-refractivity contribution in [3.63, 3.8) is 0 Å². The number of aliphatic hydroxyl groups excluding tert-OH is 5. The zero-order chi connectivity index (χ0) is 69.5. The average molecular weight is 1350 g/mol. The molecule has 5 unspecified atom stereocenters. The third-order valence-electron chi connectivity index (χ3n) is 22.7. The molecule has 96 heavy (non-hydrogen) atoms. The minimum Gasteiger partial charge on any atom is -0.506 e. The molecule has 4 heterocycles. The molecule has 5 aliphatic carbocycles. The zero-order valence-corrected chi connectivity index (χ0v) is 55.7. The van der Waals surface area contributed by atoms with E-state index in [0.717, 1.165) is 24.3 Å². The van der Waals surface area contributed by atoms with Crippen molar-refractivity contribution in [2.24, 2.45) is 46.5 Å². The van der Waals surface area contributed by atoms with Crippen LogP contribution in [0.2, 0.25) is 0 Å². The van der Waals surface area contributed by atoms with Crippen molar-refractivity contribution in [3.8, 4) is 11.5 Å². The number of fused-ring (bicyclic) bond motifs is 7. The van der Waals surface area contributed by atoms with E-state index in [0.29, 0.717) is 0 Å². The first-order chi connectivity index (χ1) is 45.5. The molecule has 3 aromatic carbocycles. The van der Waals surface area contributed by atoms with Crippen molar-refractivity contribution in [2.45, 2.75) is 214 Å². The Morgan fingerprint density at radius 3 is 1.58 bits per heavy atom. The van der Waals surface area contributed by atoms with Crippen molar-refractivity contribution in [1.82, 2.24) is 9.80 Å². The summed E-state index contributed by atoms with van der Waals surface area (Å²) in [7, 11) is 9.75. The number of phenols is 2. The molecular formula is C68H88N4O24. The molecule has 9 N–H and O–H groups in total. The summed E-state index contributed by atoms with van der Waals surface area (Å²) < 4.78 is 68.3. The van der Waals surface area contributed by atoms with Crippen molar-refractivity contribution in [1.29, 1.82) is 0 Å². The van der Waals surface area contributed by atoms with Gasteiger partial charge in [-0.15, -0.1) is 0 Å². The number of allylic oxidation sites excluding steroid dienone is 3. The fourth-order valence-corrected chi connectivity index (χ4v) is 18.6. The third kappa shape index (κ3) is 10.7. The minimum absolute atomic E-state index is 0.213. The van der Waals surface area contributed by atoms with Gasteiger partial charge in [0.25, 0.3) is 0 Å². The van der Waals surface area contributed by atoms with E-state index in [1.807, 2.05) is 0 Å². The molecule has 12 rings (SSSR count). The summed E-state index contributed by atoms with van der Waals surface area (Å²) in [5.74, 6) is -10.1. The number of likely N-dealkylation sites (N-methyl/N-ethyl adjacent to an activating group) is 2. The summed E-state index contributed by atoms with van der Waals surface area (Å²) in [6.07, 6.45) is -22.1. The van der Waals surface area contributed by atoms with Crippen LogP contribution in [0.25, 0.3) is 21.5 Å². The fraction of sp³-hybridized carbons (Fsp3) is 0.676. The molecule has 2 saturated carbocycles. The van der Waals surface area contributed by atoms with Gasteiger partial charge in [0.15, 0.2) is 59.2 Å². The number of aromatic hydroxyl groups is 2. The Balaban J connectivity index is 1.20. The average Bonchev–Trinajstić information content (AvgIpc) is 1.40. The zero-order valence-electron chi connectivity index (χ0n) is 55.7. The van der Waals surface area contributed by atoms with Crippen LogP contribution in [0.3, 0.4) is 0 Å². The fourth-order valence-electron chi connectivity index (χ4n) is 18.6. The largest absolute Gasteiger partial charge is 0.506 e. The first kappa shape index (κ1) is 70.1. The van der Waals surface area contributed by atoms with Gasteiger partial charge >= 0.3 is 0 Å². The molecule has 524 valence electrons. The van der Waals surface area contributed by atoms with Gasteiger partial charge in [-0.2, -0.15) is 5.10 Å². The monoisotopic (exact) mass is 1340 g/mol. The maximum atomic E-state index is 17.9. The van der Waals surface area contributed by atoms with Gasteiger partial charge in [0.2, 0.25) is 0 Å². The number of rotatable bonds is 15. The quantitative estimate of drug-likeness (QED) is 0.0332. The topological polar surface area (TPSA) is 398 Å². The van der Waals surface area contributed by atoms with Crippen molar-refractivity contribution in [3.05, 3.63) is 72.4 Å². The number of phenolic OH excluding ortho intramolecular Hbond substituents is 2. The smallest absolute Gasteiger partial charge is 0.190 e. The number of Topliss-reactive ketones (excluding diaryl/α,β-unsaturated/α-hetero) is 3. The highest BCUT2D eigenvalue weighted by atomic mass is 16.7. The third-order valence-corrected chi connectivity index (χ3v) is 22.7. The van der Waals surface area contributed by atoms with E-state index in [1.54, 1.807) is 79.5 Å². The van der Waals surface area contributed by atoms with E-state index in [1.165, 1.54) is 14.2 Å². The Morgan fingerprint density at radius 1 is 0.604 bits per heavy atom. The predicted molar refractivity (Wildman–Crippen MR) is 335 cm³/mol. The number of carbonyl (C=O) groups is 5. The SMILES string of the molecule is CC[C@@]1(O[C@@H]2C[C@@H](OC)[C@H](O)[C@@H](C)O2)[C@H](O[C@@H]2C[C@H](O)[C@@H](N(C)C)[C@H](C)O2)c2c(c3c(O)c4c(=O)ccc(=O)c4c(O)c3c2=NN)C(=O)[C@@H]1[C@H]1C(=O)C2C3C(O)C4=C(C(=O)C=CC4=O)C(=O)C3CC2[C@@H](O[C@@H]2C[C@H](O)[C@@H](N(C)C)[C@H](C)O2)[C@@]1(CC)O[C@@H]1C[C@@H](OC)[C@H](O)[C@@H](C)O1. The number of aliphatic hydroxyl groups is 5. The summed E-state index contributed by atoms with van der Waals surface area (Å²) in [5, 5.41) is 87.1. The number of nitrogens with zero attached hydrogens (tertiary/aromatic N) is 3. The van der Waals surface area contributed by atoms with Gasteiger partial charge in [-0.25, -0.2) is 0 Å². The predicted octanol–water partition coefficient (Wildman–Crippen LogP) is 0.250. The summed E-state index contributed by atoms with van der Waals surface area (Å²) in [6.45, 7) is 9.80. The van der Waals surface area contributed by atoms with Gasteiger partial charge in [0.05, 0.1) is 107 Å². The van der Waals surface area contributed by atoms with Gasteiger partial charge in [-0.3, -0.25) is 33.6 Å². The Morgan fingerprint density at radius 2 is 1.09 bits per heavy atom. The van der Waals surface area contributed by atoms with E-state index >= 15 is 14.4 Å². The normalized spacial score (nSPS) is 42.2. The van der Waals surface area contributed by atoms with Crippen LogP contribution < -0.4 is 22.1 Å². The van der Waals surface area contributed by atoms with E-state index < -0.39 is 265 Å². The van der Waals surface area contributed by atoms with Crippen molar-refractivity contribution < 1.29 is 107 Å². The molecule has 6 fully saturated rings. The van der Waals surface area contributed by atoms with Crippen LogP contribution in [-0.4, -0.2) is 239 Å². The van der Waals surface area contributed by atoms with Crippen molar-refractivity contribution >= 4 is 50.5 Å². The van der Waals surface area contributed by atoms with Crippen molar-refractivity contribution in [2.75, 3.05) is 42.4 Å². The Hall–Kier alpha value is -5.74. The van der Waals surface area contributed by atoms with Gasteiger partial charge < -0.3 is 98.8 Å². The molecule has 9 aliphatic rings. The maximum absolute atomic E-state index is 17.9. The van der Waals surface area contributed by atoms with Gasteiger partial charge in [0.1, 0.15) is 52.2 Å². The molecule has 3 aromatic rings. The second kappa shape index (κ2) is 26.1. The van der Waals surface area contributed by atoms with Gasteiger partial charge in [0, 0.05) is 79.7 Å². The maximum Gasteiger partial charge on any atom is 0.190 e. The lowest BCUT2D eigenvalue weighted by Crippen LogP contribution is -2.72. The second-order valence-electron chi connectivity index (χ2n) is 28.0. The van der Waals surface area contributed by atoms with Crippen LogP contribution >= 0.6 is 0 Å². The number of hydrogen-bond acceptors (Lipinski definition) is 28. The number of ether oxygens (including phenoxy) is 10. The first-order valence-corrected chi connectivity index (χ1v) is 33.1. The Kier molecular flexibility index (Phi) is 19.1. The summed E-state index contributed by atoms with van der Waals surface area (Å²) in [6, 6.07) is 0.567. The summed E-state index contributed by atoms with van der Waals surface area (Å²) in [5.41, 5.74) is -8.68. The van der Waals surface area contributed by atoms with Gasteiger partial charge in [-0.1, -0.05) is 13.8 Å². The van der Waals surface area contributed by atoms with Crippen LogP contribution in [0.4, 0.5) is 0 Å². The van der Waals surface area contributed by atoms with E-state index in [-0.39, 0.29) is 44.1 Å². The Bertz CT molecular complexity index is 3820. The Labute approximate surface area is 552 Å². The second-order valence-corrected chi connectivity index (χ2v) is 28.0. The number of methoxy groups -OCH3 is 2. The number of benzene rings is 2. The number of carbonyl (C=O) groups excluding carboxylic acids is 5. The van der Waals surface area contributed by atoms with Crippen LogP contribution in [0.15, 0.2) is 50.1 Å². The molecule has 4 saturated heterocycles. The molecule has 27 atom stereocenters. The molecule has 28 heteroatoms. The van der Waals surface area contributed by atoms with E-state index in [2.05, 4.69) is 5.10 Å². The standard InChI is InChI=1S/C68H88N4O24/c1-13-67(95-40-22-36(87-11)57(79)26(5)91-40)52(63(85)43-29(65(67)93-38-20-34(77)55(71(7)8)24(3)89-38)19-28-42(43)60(82)45-31(74)16-15-30(73)44(45)59(28)81)53-64(86)49-48-50(62(84)47-33(76)18-17-32(75)46(47)61(48)83)54(70-69)51(49)66(94-39-21-35(78)56(72(9)10)25(4)90-39)68(53,14-2)96-41-23-37(88-12)58(80)27(6)92-41/h15-18,24-29,34-43,52-53,55-58,60,65-66,77-80,82-84H,13-14,19-23,69H2,1-12H3/t24-,25-,26+,27+,28?,29?,34-,35-,36+,37+,38+,39+,40+,41+,42?,43?,52-,53-,55-,56-,57+,58+,60?,65+,66+,67-,68-/m0/s1. The lowest BCUT2D eigenvalue weighted by molar-refractivity contribution is -0.359. The molecule has 0 radical (unpaired) electrons. The minimum atomic E-state index is -2.49. The highest BCUT2D eigenvalue weighted by molar-refractivity contribution is 6.34. The highest BCUT2D eigenvalue weighted by Crippen LogP contribution is 2.65. The lowest BCUT2D eigenvalue weighted by Gasteiger charge is -2.60. The van der Waals surface area contributed by atoms with E-state index in [4.69, 9.17) is 53.2 Å². The lowest BCUT2D eigenvalue weighted by atomic mass is 9.51. The highest BCUT2D eigenvalue weighted by Gasteiger charge is 2.75. The molecule has 0 spiro atoms. The summed E-state index contributed by atoms with van der Waals surface area (Å²) in [4.78, 5) is 111. The number of hydrogen-bond donors (Lipinski definition) is 8. The molecule has 4 aliphatic heterocycles. The number of ketones is 5.